The first-order valence-corrected chi connectivity index (χ1v) is 8.16. The summed E-state index contributed by atoms with van der Waals surface area (Å²) in [6.07, 6.45) is 2.98. The van der Waals surface area contributed by atoms with Gasteiger partial charge in [-0.15, -0.1) is 0 Å². The second-order valence-corrected chi connectivity index (χ2v) is 7.35. The predicted molar refractivity (Wildman–Crippen MR) is 92.3 cm³/mol. The summed E-state index contributed by atoms with van der Waals surface area (Å²) in [5.41, 5.74) is 2.28. The third-order valence-electron chi connectivity index (χ3n) is 3.40. The molecule has 0 saturated heterocycles. The van der Waals surface area contributed by atoms with Crippen LogP contribution in [0.5, 0.6) is 0 Å². The SMILES string of the molecule is C=Cc1ccc2c(c1)SC(=NC(C)(C)C)N1CCCN=C21. The Morgan fingerprint density at radius 2 is 2.19 bits per heavy atom. The van der Waals surface area contributed by atoms with Crippen molar-refractivity contribution in [3.63, 3.8) is 0 Å². The minimum atomic E-state index is -0.0849. The lowest BCUT2D eigenvalue weighted by atomic mass is 10.1. The first-order valence-electron chi connectivity index (χ1n) is 7.34. The molecule has 3 rings (SSSR count). The summed E-state index contributed by atoms with van der Waals surface area (Å²) >= 11 is 1.75. The third kappa shape index (κ3) is 2.91. The second kappa shape index (κ2) is 5.34. The van der Waals surface area contributed by atoms with Crippen LogP contribution in [-0.4, -0.2) is 34.5 Å². The van der Waals surface area contributed by atoms with Gasteiger partial charge in [0.1, 0.15) is 5.84 Å². The first-order chi connectivity index (χ1) is 9.98. The van der Waals surface area contributed by atoms with Gasteiger partial charge >= 0.3 is 0 Å². The standard InChI is InChI=1S/C17H21N3S/c1-5-12-7-8-13-14(11-12)21-16(19-17(2,3)4)20-10-6-9-18-15(13)20/h5,7-8,11H,1,6,9-10H2,2-4H3. The summed E-state index contributed by atoms with van der Waals surface area (Å²) in [6, 6.07) is 6.44. The van der Waals surface area contributed by atoms with Crippen LogP contribution in [0.1, 0.15) is 38.3 Å². The fraction of sp³-hybridized carbons (Fsp3) is 0.412. The molecule has 2 aliphatic rings. The minimum absolute atomic E-state index is 0.0849. The Bertz CT molecular complexity index is 638. The molecule has 0 unspecified atom stereocenters. The smallest absolute Gasteiger partial charge is 0.170 e. The van der Waals surface area contributed by atoms with Gasteiger partial charge in [0, 0.05) is 23.5 Å². The van der Waals surface area contributed by atoms with E-state index in [9.17, 15) is 0 Å². The molecule has 3 nitrogen and oxygen atoms in total. The number of hydrogen-bond donors (Lipinski definition) is 0. The van der Waals surface area contributed by atoms with Crippen LogP contribution in [0.25, 0.3) is 6.08 Å². The number of benzene rings is 1. The molecular formula is C17H21N3S. The molecule has 0 aliphatic carbocycles. The molecule has 2 aliphatic heterocycles. The van der Waals surface area contributed by atoms with Crippen molar-refractivity contribution in [3.05, 3.63) is 35.9 Å². The summed E-state index contributed by atoms with van der Waals surface area (Å²) in [5, 5.41) is 1.06. The van der Waals surface area contributed by atoms with Crippen LogP contribution in [0, 0.1) is 0 Å². The van der Waals surface area contributed by atoms with E-state index in [2.05, 4.69) is 50.4 Å². The Balaban J connectivity index is 2.12. The average Bonchev–Trinajstić information content (AvgIpc) is 2.45. The first kappa shape index (κ1) is 14.4. The molecule has 0 atom stereocenters. The molecule has 4 heteroatoms. The van der Waals surface area contributed by atoms with Gasteiger partial charge in [0.25, 0.3) is 0 Å². The molecule has 1 aromatic rings. The van der Waals surface area contributed by atoms with Crippen molar-refractivity contribution in [1.29, 1.82) is 0 Å². The van der Waals surface area contributed by atoms with Gasteiger partial charge in [-0.05, 0) is 44.9 Å². The highest BCUT2D eigenvalue weighted by molar-refractivity contribution is 8.14. The van der Waals surface area contributed by atoms with Crippen molar-refractivity contribution in [2.45, 2.75) is 37.6 Å². The van der Waals surface area contributed by atoms with Crippen molar-refractivity contribution >= 4 is 28.8 Å². The summed E-state index contributed by atoms with van der Waals surface area (Å²) in [4.78, 5) is 13.2. The molecule has 0 aromatic heterocycles. The van der Waals surface area contributed by atoms with E-state index in [0.717, 1.165) is 36.1 Å². The average molecular weight is 299 g/mol. The lowest BCUT2D eigenvalue weighted by Crippen LogP contribution is -2.43. The van der Waals surface area contributed by atoms with Crippen LogP contribution in [0.4, 0.5) is 0 Å². The zero-order chi connectivity index (χ0) is 15.0. The van der Waals surface area contributed by atoms with Crippen LogP contribution in [0.3, 0.4) is 0 Å². The highest BCUT2D eigenvalue weighted by Crippen LogP contribution is 2.35. The van der Waals surface area contributed by atoms with Crippen LogP contribution in [0.2, 0.25) is 0 Å². The molecular weight excluding hydrogens is 278 g/mol. The summed E-state index contributed by atoms with van der Waals surface area (Å²) in [5.74, 6) is 1.08. The molecule has 2 heterocycles. The van der Waals surface area contributed by atoms with E-state index in [1.807, 2.05) is 6.08 Å². The van der Waals surface area contributed by atoms with Gasteiger partial charge in [0.2, 0.25) is 0 Å². The Labute approximate surface area is 130 Å². The number of fused-ring (bicyclic) bond motifs is 3. The number of amidine groups is 2. The predicted octanol–water partition coefficient (Wildman–Crippen LogP) is 4.04. The summed E-state index contributed by atoms with van der Waals surface area (Å²) in [7, 11) is 0. The number of thioether (sulfide) groups is 1. The van der Waals surface area contributed by atoms with Gasteiger partial charge in [-0.1, -0.05) is 30.5 Å². The van der Waals surface area contributed by atoms with E-state index in [1.54, 1.807) is 11.8 Å². The van der Waals surface area contributed by atoms with Gasteiger partial charge in [-0.25, -0.2) is 0 Å². The summed E-state index contributed by atoms with van der Waals surface area (Å²) in [6.45, 7) is 12.2. The van der Waals surface area contributed by atoms with E-state index in [4.69, 9.17) is 9.98 Å². The van der Waals surface area contributed by atoms with Crippen molar-refractivity contribution in [3.8, 4) is 0 Å². The topological polar surface area (TPSA) is 28.0 Å². The fourth-order valence-corrected chi connectivity index (χ4v) is 3.75. The lowest BCUT2D eigenvalue weighted by Gasteiger charge is -2.36. The number of nitrogens with zero attached hydrogens (tertiary/aromatic N) is 3. The molecule has 0 radical (unpaired) electrons. The number of aliphatic imine (C=N–C) groups is 2. The van der Waals surface area contributed by atoms with Crippen molar-refractivity contribution in [2.75, 3.05) is 13.1 Å². The van der Waals surface area contributed by atoms with Gasteiger partial charge in [0.05, 0.1) is 5.54 Å². The van der Waals surface area contributed by atoms with Gasteiger partial charge in [0.15, 0.2) is 5.17 Å². The molecule has 1 aromatic carbocycles. The second-order valence-electron chi connectivity index (χ2n) is 6.34. The molecule has 110 valence electrons. The molecule has 0 bridgehead atoms. The largest absolute Gasteiger partial charge is 0.305 e. The lowest BCUT2D eigenvalue weighted by molar-refractivity contribution is 0.527. The summed E-state index contributed by atoms with van der Waals surface area (Å²) < 4.78 is 0. The molecule has 0 amide bonds. The highest BCUT2D eigenvalue weighted by atomic mass is 32.2. The van der Waals surface area contributed by atoms with Crippen molar-refractivity contribution in [1.82, 2.24) is 4.90 Å². The quantitative estimate of drug-likeness (QED) is 0.782. The van der Waals surface area contributed by atoms with Crippen LogP contribution < -0.4 is 0 Å². The van der Waals surface area contributed by atoms with Gasteiger partial charge in [-0.3, -0.25) is 9.98 Å². The van der Waals surface area contributed by atoms with Crippen LogP contribution in [0.15, 0.2) is 39.7 Å². The molecule has 0 fully saturated rings. The number of rotatable bonds is 1. The molecule has 0 N–H and O–H groups in total. The Morgan fingerprint density at radius 3 is 2.90 bits per heavy atom. The van der Waals surface area contributed by atoms with E-state index in [1.165, 1.54) is 10.5 Å². The molecule has 21 heavy (non-hydrogen) atoms. The van der Waals surface area contributed by atoms with E-state index in [-0.39, 0.29) is 5.54 Å². The van der Waals surface area contributed by atoms with Crippen LogP contribution >= 0.6 is 11.8 Å². The Kier molecular flexibility index (Phi) is 3.66. The van der Waals surface area contributed by atoms with Crippen molar-refractivity contribution in [2.24, 2.45) is 9.98 Å². The van der Waals surface area contributed by atoms with Crippen LogP contribution in [-0.2, 0) is 0 Å². The monoisotopic (exact) mass is 299 g/mol. The number of hydrogen-bond acceptors (Lipinski definition) is 3. The zero-order valence-electron chi connectivity index (χ0n) is 12.9. The Morgan fingerprint density at radius 1 is 1.38 bits per heavy atom. The fourth-order valence-electron chi connectivity index (χ4n) is 2.48. The maximum absolute atomic E-state index is 4.91. The van der Waals surface area contributed by atoms with Gasteiger partial charge < -0.3 is 4.90 Å². The van der Waals surface area contributed by atoms with Crippen molar-refractivity contribution < 1.29 is 0 Å². The van der Waals surface area contributed by atoms with E-state index >= 15 is 0 Å². The Hall–Kier alpha value is -1.55. The molecule has 0 spiro atoms. The maximum atomic E-state index is 4.91. The van der Waals surface area contributed by atoms with E-state index in [0.29, 0.717) is 0 Å². The zero-order valence-corrected chi connectivity index (χ0v) is 13.7. The van der Waals surface area contributed by atoms with Gasteiger partial charge in [-0.2, -0.15) is 0 Å². The highest BCUT2D eigenvalue weighted by Gasteiger charge is 2.31. The normalized spacial score (nSPS) is 19.9. The molecule has 0 saturated carbocycles. The maximum Gasteiger partial charge on any atom is 0.170 e. The minimum Gasteiger partial charge on any atom is -0.305 e. The van der Waals surface area contributed by atoms with E-state index < -0.39 is 0 Å². The third-order valence-corrected chi connectivity index (χ3v) is 4.45.